The van der Waals surface area contributed by atoms with Gasteiger partial charge in [0.25, 0.3) is 0 Å². The van der Waals surface area contributed by atoms with E-state index in [0.29, 0.717) is 5.04 Å². The summed E-state index contributed by atoms with van der Waals surface area (Å²) in [7, 11) is -1.20. The van der Waals surface area contributed by atoms with Gasteiger partial charge < -0.3 is 0 Å². The van der Waals surface area contributed by atoms with Crippen molar-refractivity contribution in [2.75, 3.05) is 0 Å². The molecular formula is C15H32Si. The maximum absolute atomic E-state index is 2.56. The first-order valence-corrected chi connectivity index (χ1v) is 9.98. The molecule has 0 fully saturated rings. The Morgan fingerprint density at radius 2 is 1.69 bits per heavy atom. The zero-order chi connectivity index (χ0) is 12.8. The summed E-state index contributed by atoms with van der Waals surface area (Å²) in [6.45, 7) is 16.7. The Morgan fingerprint density at radius 3 is 2.12 bits per heavy atom. The molecule has 96 valence electrons. The molecule has 0 aromatic heterocycles. The Hall–Kier alpha value is -0.0431. The largest absolute Gasteiger partial charge is 0.0979 e. The summed E-state index contributed by atoms with van der Waals surface area (Å²) in [4.78, 5) is 0. The molecule has 0 rings (SSSR count). The Morgan fingerprint density at radius 1 is 1.12 bits per heavy atom. The van der Waals surface area contributed by atoms with E-state index < -0.39 is 8.07 Å². The minimum atomic E-state index is -1.20. The maximum atomic E-state index is 2.56. The molecule has 1 atom stereocenters. The monoisotopic (exact) mass is 240 g/mol. The van der Waals surface area contributed by atoms with Crippen LogP contribution in [0.1, 0.15) is 60.3 Å². The van der Waals surface area contributed by atoms with Crippen molar-refractivity contribution in [3.8, 4) is 0 Å². The lowest BCUT2D eigenvalue weighted by Gasteiger charge is -2.34. The molecular weight excluding hydrogens is 208 g/mol. The van der Waals surface area contributed by atoms with Crippen LogP contribution in [0.3, 0.4) is 0 Å². The van der Waals surface area contributed by atoms with Crippen molar-refractivity contribution in [3.05, 3.63) is 11.8 Å². The molecule has 0 unspecified atom stereocenters. The van der Waals surface area contributed by atoms with E-state index in [9.17, 15) is 0 Å². The second-order valence-electron chi connectivity index (χ2n) is 6.80. The highest BCUT2D eigenvalue weighted by Crippen LogP contribution is 2.36. The van der Waals surface area contributed by atoms with Gasteiger partial charge in [-0.3, -0.25) is 0 Å². The summed E-state index contributed by atoms with van der Waals surface area (Å²) >= 11 is 0. The van der Waals surface area contributed by atoms with Crippen molar-refractivity contribution in [2.45, 2.75) is 78.4 Å². The topological polar surface area (TPSA) is 0 Å². The normalized spacial score (nSPS) is 15.7. The Labute approximate surface area is 105 Å². The van der Waals surface area contributed by atoms with Crippen LogP contribution in [0.2, 0.25) is 18.1 Å². The molecule has 0 aromatic carbocycles. The quantitative estimate of drug-likeness (QED) is 0.406. The van der Waals surface area contributed by atoms with Crippen molar-refractivity contribution in [1.29, 1.82) is 0 Å². The van der Waals surface area contributed by atoms with Crippen LogP contribution in [0, 0.1) is 5.92 Å². The van der Waals surface area contributed by atoms with E-state index in [4.69, 9.17) is 0 Å². The van der Waals surface area contributed by atoms with Gasteiger partial charge >= 0.3 is 0 Å². The molecule has 0 bridgehead atoms. The van der Waals surface area contributed by atoms with Gasteiger partial charge in [-0.05, 0) is 17.4 Å². The Balaban J connectivity index is 4.16. The average molecular weight is 241 g/mol. The second kappa shape index (κ2) is 6.63. The molecule has 0 radical (unpaired) electrons. The van der Waals surface area contributed by atoms with Gasteiger partial charge in [-0.1, -0.05) is 78.8 Å². The lowest BCUT2D eigenvalue weighted by molar-refractivity contribution is 0.576. The van der Waals surface area contributed by atoms with Gasteiger partial charge in [0.05, 0.1) is 8.07 Å². The van der Waals surface area contributed by atoms with Crippen molar-refractivity contribution in [2.24, 2.45) is 5.92 Å². The zero-order valence-electron chi connectivity index (χ0n) is 12.6. The van der Waals surface area contributed by atoms with Gasteiger partial charge in [-0.15, -0.1) is 0 Å². The van der Waals surface area contributed by atoms with Gasteiger partial charge in [0.1, 0.15) is 0 Å². The predicted molar refractivity (Wildman–Crippen MR) is 79.6 cm³/mol. The van der Waals surface area contributed by atoms with Gasteiger partial charge in [0.2, 0.25) is 0 Å². The third-order valence-corrected chi connectivity index (χ3v) is 8.93. The van der Waals surface area contributed by atoms with E-state index >= 15 is 0 Å². The average Bonchev–Trinajstić information content (AvgIpc) is 2.13. The number of hydrogen-bond acceptors (Lipinski definition) is 0. The van der Waals surface area contributed by atoms with E-state index in [-0.39, 0.29) is 0 Å². The van der Waals surface area contributed by atoms with Crippen LogP contribution in [0.4, 0.5) is 0 Å². The molecule has 0 saturated heterocycles. The summed E-state index contributed by atoms with van der Waals surface area (Å²) in [5, 5.41) is 0.479. The van der Waals surface area contributed by atoms with Crippen molar-refractivity contribution < 1.29 is 0 Å². The van der Waals surface area contributed by atoms with Crippen LogP contribution in [-0.2, 0) is 0 Å². The molecule has 1 heteroatoms. The Kier molecular flexibility index (Phi) is 6.62. The SMILES string of the molecule is CCCCC[C@@H](C)/C=C/[Si](C)(C)C(C)(C)C. The summed E-state index contributed by atoms with van der Waals surface area (Å²) in [5.41, 5.74) is 2.56. The third kappa shape index (κ3) is 5.88. The first-order valence-electron chi connectivity index (χ1n) is 6.90. The fraction of sp³-hybridized carbons (Fsp3) is 0.867. The van der Waals surface area contributed by atoms with E-state index in [1.165, 1.54) is 25.7 Å². The predicted octanol–water partition coefficient (Wildman–Crippen LogP) is 5.81. The number of rotatable bonds is 6. The molecule has 0 nitrogen and oxygen atoms in total. The summed E-state index contributed by atoms with van der Waals surface area (Å²) in [5.74, 6) is 0.765. The van der Waals surface area contributed by atoms with Crippen molar-refractivity contribution >= 4 is 8.07 Å². The van der Waals surface area contributed by atoms with Gasteiger partial charge in [0.15, 0.2) is 0 Å². The van der Waals surface area contributed by atoms with Crippen LogP contribution >= 0.6 is 0 Å². The first-order chi connectivity index (χ1) is 7.20. The van der Waals surface area contributed by atoms with E-state index in [1.807, 2.05) is 0 Å². The molecule has 0 aliphatic rings. The fourth-order valence-corrected chi connectivity index (χ4v) is 2.78. The molecule has 16 heavy (non-hydrogen) atoms. The number of allylic oxidation sites excluding steroid dienone is 1. The standard InChI is InChI=1S/C15H32Si/c1-8-9-10-11-14(2)12-13-16(6,7)15(3,4)5/h12-14H,8-11H2,1-7H3/b13-12+/t14-/m1/s1. The highest BCUT2D eigenvalue weighted by atomic mass is 28.3. The van der Waals surface area contributed by atoms with E-state index in [2.05, 4.69) is 59.5 Å². The molecule has 0 N–H and O–H groups in total. The van der Waals surface area contributed by atoms with Gasteiger partial charge in [-0.25, -0.2) is 0 Å². The van der Waals surface area contributed by atoms with Crippen LogP contribution in [0.5, 0.6) is 0 Å². The molecule has 0 amide bonds. The van der Waals surface area contributed by atoms with Crippen LogP contribution in [-0.4, -0.2) is 8.07 Å². The highest BCUT2D eigenvalue weighted by Gasteiger charge is 2.32. The molecule has 0 heterocycles. The van der Waals surface area contributed by atoms with Crippen molar-refractivity contribution in [1.82, 2.24) is 0 Å². The third-order valence-electron chi connectivity index (χ3n) is 4.04. The minimum absolute atomic E-state index is 0.479. The lowest BCUT2D eigenvalue weighted by atomic mass is 10.0. The smallest absolute Gasteiger partial charge is 0.0766 e. The van der Waals surface area contributed by atoms with Crippen LogP contribution in [0.15, 0.2) is 11.8 Å². The second-order valence-corrected chi connectivity index (χ2v) is 12.1. The number of hydrogen-bond donors (Lipinski definition) is 0. The minimum Gasteiger partial charge on any atom is -0.0979 e. The molecule has 0 aliphatic carbocycles. The van der Waals surface area contributed by atoms with Crippen LogP contribution < -0.4 is 0 Å². The summed E-state index contributed by atoms with van der Waals surface area (Å²) in [6, 6.07) is 0. The Bertz CT molecular complexity index is 208. The van der Waals surface area contributed by atoms with Gasteiger partial charge in [-0.2, -0.15) is 0 Å². The van der Waals surface area contributed by atoms with Crippen LogP contribution in [0.25, 0.3) is 0 Å². The van der Waals surface area contributed by atoms with Gasteiger partial charge in [0, 0.05) is 0 Å². The zero-order valence-corrected chi connectivity index (χ0v) is 13.6. The van der Waals surface area contributed by atoms with E-state index in [0.717, 1.165) is 5.92 Å². The first kappa shape index (κ1) is 16.0. The van der Waals surface area contributed by atoms with Crippen molar-refractivity contribution in [3.63, 3.8) is 0 Å². The van der Waals surface area contributed by atoms with E-state index in [1.54, 1.807) is 0 Å². The molecule has 0 saturated carbocycles. The highest BCUT2D eigenvalue weighted by molar-refractivity contribution is 6.84. The molecule has 0 aliphatic heterocycles. The number of unbranched alkanes of at least 4 members (excludes halogenated alkanes) is 2. The molecule has 0 aromatic rings. The fourth-order valence-electron chi connectivity index (χ4n) is 1.47. The maximum Gasteiger partial charge on any atom is 0.0766 e. The summed E-state index contributed by atoms with van der Waals surface area (Å²) in [6.07, 6.45) is 7.95. The lowest BCUT2D eigenvalue weighted by Crippen LogP contribution is -2.35. The molecule has 0 spiro atoms. The summed E-state index contributed by atoms with van der Waals surface area (Å²) < 4.78 is 0.